The molecule has 2 rings (SSSR count). The summed E-state index contributed by atoms with van der Waals surface area (Å²) in [7, 11) is 1.67. The highest BCUT2D eigenvalue weighted by molar-refractivity contribution is 4.88. The van der Waals surface area contributed by atoms with Crippen LogP contribution in [-0.4, -0.2) is 61.7 Å². The number of aliphatic hydroxyl groups is 1. The van der Waals surface area contributed by atoms with Gasteiger partial charge in [0, 0.05) is 19.7 Å². The number of likely N-dealkylation sites (tertiary alicyclic amines) is 1. The molecule has 2 fully saturated rings. The fourth-order valence-electron chi connectivity index (χ4n) is 3.84. The highest BCUT2D eigenvalue weighted by Crippen LogP contribution is 2.35. The number of aliphatic hydroxyl groups excluding tert-OH is 1. The molecule has 4 heteroatoms. The normalized spacial score (nSPS) is 30.8. The van der Waals surface area contributed by atoms with E-state index in [1.807, 2.05) is 6.92 Å². The van der Waals surface area contributed by atoms with Crippen LogP contribution in [0.25, 0.3) is 0 Å². The van der Waals surface area contributed by atoms with Gasteiger partial charge in [-0.15, -0.1) is 0 Å². The summed E-state index contributed by atoms with van der Waals surface area (Å²) in [5.74, 6) is 0.873. The third-order valence-corrected chi connectivity index (χ3v) is 4.78. The predicted octanol–water partition coefficient (Wildman–Crippen LogP) is 2.05. The molecule has 2 unspecified atom stereocenters. The minimum Gasteiger partial charge on any atom is -0.389 e. The van der Waals surface area contributed by atoms with Crippen molar-refractivity contribution in [2.45, 2.75) is 63.7 Å². The van der Waals surface area contributed by atoms with Crippen molar-refractivity contribution in [3.05, 3.63) is 0 Å². The van der Waals surface area contributed by atoms with E-state index < -0.39 is 0 Å². The number of hydrogen-bond donors (Lipinski definition) is 1. The Hall–Kier alpha value is -0.160. The highest BCUT2D eigenvalue weighted by Gasteiger charge is 2.33. The highest BCUT2D eigenvalue weighted by atomic mass is 16.5. The zero-order chi connectivity index (χ0) is 14.4. The number of fused-ring (bicyclic) bond motifs is 1. The summed E-state index contributed by atoms with van der Waals surface area (Å²) in [4.78, 5) is 2.52. The molecule has 1 saturated heterocycles. The van der Waals surface area contributed by atoms with E-state index in [1.165, 1.54) is 38.5 Å². The predicted molar refractivity (Wildman–Crippen MR) is 79.8 cm³/mol. The summed E-state index contributed by atoms with van der Waals surface area (Å²) in [6, 6.07) is 0.712. The van der Waals surface area contributed by atoms with E-state index in [1.54, 1.807) is 7.11 Å². The Morgan fingerprint density at radius 1 is 1.15 bits per heavy atom. The molecular formula is C16H31NO3. The summed E-state index contributed by atoms with van der Waals surface area (Å²) < 4.78 is 10.7. The van der Waals surface area contributed by atoms with Gasteiger partial charge in [0.15, 0.2) is 0 Å². The van der Waals surface area contributed by atoms with E-state index in [0.29, 0.717) is 19.3 Å². The second-order valence-corrected chi connectivity index (χ2v) is 6.50. The molecule has 0 amide bonds. The molecule has 118 valence electrons. The molecule has 0 radical (unpaired) electrons. The van der Waals surface area contributed by atoms with Gasteiger partial charge < -0.3 is 14.6 Å². The average molecular weight is 285 g/mol. The maximum Gasteiger partial charge on any atom is 0.0900 e. The van der Waals surface area contributed by atoms with Crippen molar-refractivity contribution in [3.8, 4) is 0 Å². The third-order valence-electron chi connectivity index (χ3n) is 4.78. The van der Waals surface area contributed by atoms with Crippen molar-refractivity contribution < 1.29 is 14.6 Å². The monoisotopic (exact) mass is 285 g/mol. The number of hydrogen-bond acceptors (Lipinski definition) is 4. The Bertz CT molecular complexity index is 272. The first-order chi connectivity index (χ1) is 9.70. The fourth-order valence-corrected chi connectivity index (χ4v) is 3.84. The third kappa shape index (κ3) is 4.69. The van der Waals surface area contributed by atoms with Crippen LogP contribution in [0.15, 0.2) is 0 Å². The molecule has 2 aliphatic rings. The van der Waals surface area contributed by atoms with Gasteiger partial charge in [-0.25, -0.2) is 0 Å². The fraction of sp³-hybridized carbons (Fsp3) is 1.00. The molecule has 0 aromatic heterocycles. The lowest BCUT2D eigenvalue weighted by Crippen LogP contribution is -2.50. The van der Waals surface area contributed by atoms with Gasteiger partial charge in [-0.3, -0.25) is 4.90 Å². The van der Waals surface area contributed by atoms with Gasteiger partial charge in [0.25, 0.3) is 0 Å². The Kier molecular flexibility index (Phi) is 6.75. The van der Waals surface area contributed by atoms with Crippen LogP contribution in [0.2, 0.25) is 0 Å². The van der Waals surface area contributed by atoms with Crippen LogP contribution in [0.5, 0.6) is 0 Å². The minimum atomic E-state index is -0.380. The first-order valence-electron chi connectivity index (χ1n) is 8.23. The molecule has 0 aromatic carbocycles. The standard InChI is InChI=1S/C16H31NO3/c1-13(11-19-2)20-12-15(18)10-17-9-5-7-14-6-3-4-8-16(14)17/h13-16,18H,3-12H2,1-2H3/t13?,14-,15?,16-/m1/s1. The lowest BCUT2D eigenvalue weighted by molar-refractivity contribution is -0.0516. The molecule has 4 atom stereocenters. The molecule has 1 aliphatic heterocycles. The van der Waals surface area contributed by atoms with E-state index in [9.17, 15) is 5.11 Å². The van der Waals surface area contributed by atoms with Crippen molar-refractivity contribution >= 4 is 0 Å². The molecule has 1 saturated carbocycles. The van der Waals surface area contributed by atoms with E-state index >= 15 is 0 Å². The Labute approximate surface area is 123 Å². The molecule has 0 aromatic rings. The molecule has 0 spiro atoms. The van der Waals surface area contributed by atoms with Crippen molar-refractivity contribution in [2.75, 3.05) is 33.4 Å². The van der Waals surface area contributed by atoms with Gasteiger partial charge in [-0.2, -0.15) is 0 Å². The lowest BCUT2D eigenvalue weighted by atomic mass is 9.78. The summed E-state index contributed by atoms with van der Waals surface area (Å²) in [6.07, 6.45) is 7.81. The van der Waals surface area contributed by atoms with Crippen molar-refractivity contribution in [1.82, 2.24) is 4.90 Å². The van der Waals surface area contributed by atoms with Crippen molar-refractivity contribution in [2.24, 2.45) is 5.92 Å². The Morgan fingerprint density at radius 3 is 2.70 bits per heavy atom. The largest absolute Gasteiger partial charge is 0.389 e. The van der Waals surface area contributed by atoms with E-state index in [-0.39, 0.29) is 12.2 Å². The Balaban J connectivity index is 1.73. The SMILES string of the molecule is COCC(C)OCC(O)CN1CCC[C@H]2CCCC[C@H]21. The first kappa shape index (κ1) is 16.2. The number of ether oxygens (including phenoxy) is 2. The topological polar surface area (TPSA) is 41.9 Å². The van der Waals surface area contributed by atoms with Crippen LogP contribution in [-0.2, 0) is 9.47 Å². The second-order valence-electron chi connectivity index (χ2n) is 6.50. The van der Waals surface area contributed by atoms with Gasteiger partial charge in [0.05, 0.1) is 25.4 Å². The van der Waals surface area contributed by atoms with Crippen molar-refractivity contribution in [1.29, 1.82) is 0 Å². The zero-order valence-corrected chi connectivity index (χ0v) is 13.1. The minimum absolute atomic E-state index is 0.0541. The van der Waals surface area contributed by atoms with Crippen LogP contribution in [0.3, 0.4) is 0 Å². The number of methoxy groups -OCH3 is 1. The van der Waals surface area contributed by atoms with Gasteiger partial charge in [-0.1, -0.05) is 12.8 Å². The summed E-state index contributed by atoms with van der Waals surface area (Å²) in [6.45, 7) is 4.89. The maximum atomic E-state index is 10.2. The smallest absolute Gasteiger partial charge is 0.0900 e. The van der Waals surface area contributed by atoms with Crippen LogP contribution in [0.4, 0.5) is 0 Å². The lowest BCUT2D eigenvalue weighted by Gasteiger charge is -2.44. The maximum absolute atomic E-state index is 10.2. The summed E-state index contributed by atoms with van der Waals surface area (Å²) >= 11 is 0. The van der Waals surface area contributed by atoms with Crippen LogP contribution >= 0.6 is 0 Å². The van der Waals surface area contributed by atoms with Gasteiger partial charge in [0.2, 0.25) is 0 Å². The molecular weight excluding hydrogens is 254 g/mol. The van der Waals surface area contributed by atoms with Crippen LogP contribution in [0, 0.1) is 5.92 Å². The van der Waals surface area contributed by atoms with Gasteiger partial charge >= 0.3 is 0 Å². The van der Waals surface area contributed by atoms with Gasteiger partial charge in [-0.05, 0) is 45.1 Å². The molecule has 1 N–H and O–H groups in total. The molecule has 0 bridgehead atoms. The van der Waals surface area contributed by atoms with Crippen LogP contribution in [0.1, 0.15) is 45.4 Å². The number of piperidine rings is 1. The number of rotatable bonds is 7. The summed E-state index contributed by atoms with van der Waals surface area (Å²) in [5.41, 5.74) is 0. The molecule has 1 heterocycles. The quantitative estimate of drug-likeness (QED) is 0.777. The van der Waals surface area contributed by atoms with Crippen molar-refractivity contribution in [3.63, 3.8) is 0 Å². The van der Waals surface area contributed by atoms with E-state index in [0.717, 1.165) is 19.0 Å². The molecule has 4 nitrogen and oxygen atoms in total. The number of nitrogens with zero attached hydrogens (tertiary/aromatic N) is 1. The first-order valence-corrected chi connectivity index (χ1v) is 8.23. The van der Waals surface area contributed by atoms with E-state index in [4.69, 9.17) is 9.47 Å². The Morgan fingerprint density at radius 2 is 1.90 bits per heavy atom. The molecule has 1 aliphatic carbocycles. The van der Waals surface area contributed by atoms with Crippen LogP contribution < -0.4 is 0 Å². The van der Waals surface area contributed by atoms with E-state index in [2.05, 4.69) is 4.90 Å². The number of β-amino-alcohol motifs (C(OH)–C–C–N with tert-alkyl or cyclic N) is 1. The molecule has 20 heavy (non-hydrogen) atoms. The average Bonchev–Trinajstić information content (AvgIpc) is 2.46. The zero-order valence-electron chi connectivity index (χ0n) is 13.1. The van der Waals surface area contributed by atoms with Gasteiger partial charge in [0.1, 0.15) is 0 Å². The summed E-state index contributed by atoms with van der Waals surface area (Å²) in [5, 5.41) is 10.2. The second kappa shape index (κ2) is 8.32.